The van der Waals surface area contributed by atoms with Crippen LogP contribution in [0.5, 0.6) is 0 Å². The number of ether oxygens (including phenoxy) is 1. The second-order valence-electron chi connectivity index (χ2n) is 8.43. The lowest BCUT2D eigenvalue weighted by molar-refractivity contribution is 0.0300. The minimum atomic E-state index is 0.195. The van der Waals surface area contributed by atoms with Crippen LogP contribution in [-0.2, 0) is 4.74 Å². The fourth-order valence-corrected chi connectivity index (χ4v) is 4.05. The number of benzene rings is 1. The van der Waals surface area contributed by atoms with Crippen LogP contribution in [0.15, 0.2) is 48.2 Å². The Morgan fingerprint density at radius 3 is 2.57 bits per heavy atom. The van der Waals surface area contributed by atoms with Gasteiger partial charge in [0.25, 0.3) is 0 Å². The van der Waals surface area contributed by atoms with Gasteiger partial charge in [0.15, 0.2) is 5.82 Å². The highest BCUT2D eigenvalue weighted by molar-refractivity contribution is 5.93. The van der Waals surface area contributed by atoms with E-state index in [1.54, 1.807) is 0 Å². The van der Waals surface area contributed by atoms with Gasteiger partial charge in [-0.2, -0.15) is 5.10 Å². The predicted molar refractivity (Wildman–Crippen MR) is 126 cm³/mol. The molecule has 5 nitrogen and oxygen atoms in total. The Bertz CT molecular complexity index is 899. The number of anilines is 1. The molecule has 0 bridgehead atoms. The minimum absolute atomic E-state index is 0.195. The van der Waals surface area contributed by atoms with Crippen molar-refractivity contribution in [1.29, 1.82) is 0 Å². The van der Waals surface area contributed by atoms with Crippen molar-refractivity contribution in [1.82, 2.24) is 15.5 Å². The molecule has 2 aromatic rings. The van der Waals surface area contributed by atoms with E-state index in [-0.39, 0.29) is 11.3 Å². The summed E-state index contributed by atoms with van der Waals surface area (Å²) < 4.78 is 5.52. The smallest absolute Gasteiger partial charge is 0.156 e. The zero-order valence-electron chi connectivity index (χ0n) is 19.0. The summed E-state index contributed by atoms with van der Waals surface area (Å²) in [5.41, 5.74) is 2.55. The Balaban J connectivity index is 0.00000124. The average molecular weight is 409 g/mol. The number of dihydropyridines is 1. The third-order valence-corrected chi connectivity index (χ3v) is 6.09. The molecular formula is C25H36N4O. The van der Waals surface area contributed by atoms with Crippen molar-refractivity contribution < 1.29 is 4.74 Å². The summed E-state index contributed by atoms with van der Waals surface area (Å²) in [5.74, 6) is 1.07. The van der Waals surface area contributed by atoms with E-state index in [2.05, 4.69) is 78.0 Å². The van der Waals surface area contributed by atoms with Gasteiger partial charge in [0, 0.05) is 42.5 Å². The molecule has 2 unspecified atom stereocenters. The van der Waals surface area contributed by atoms with Crippen molar-refractivity contribution in [2.24, 2.45) is 5.41 Å². The summed E-state index contributed by atoms with van der Waals surface area (Å²) in [6.45, 7) is 13.3. The normalized spacial score (nSPS) is 21.1. The molecule has 2 aliphatic rings. The molecule has 1 saturated heterocycles. The largest absolute Gasteiger partial charge is 0.385 e. The number of aromatic nitrogens is 2. The van der Waals surface area contributed by atoms with Gasteiger partial charge in [-0.1, -0.05) is 58.0 Å². The highest BCUT2D eigenvalue weighted by Crippen LogP contribution is 2.34. The van der Waals surface area contributed by atoms with Gasteiger partial charge in [-0.25, -0.2) is 0 Å². The second kappa shape index (κ2) is 10.1. The van der Waals surface area contributed by atoms with E-state index in [4.69, 9.17) is 4.74 Å². The third-order valence-electron chi connectivity index (χ3n) is 6.09. The molecule has 1 aromatic carbocycles. The molecular weight excluding hydrogens is 372 g/mol. The van der Waals surface area contributed by atoms with E-state index in [9.17, 15) is 0 Å². The van der Waals surface area contributed by atoms with Crippen molar-refractivity contribution in [3.8, 4) is 0 Å². The summed E-state index contributed by atoms with van der Waals surface area (Å²) in [4.78, 5) is 0. The molecule has 2 aliphatic heterocycles. The van der Waals surface area contributed by atoms with Crippen LogP contribution in [0.25, 0.3) is 10.8 Å². The lowest BCUT2D eigenvalue weighted by Gasteiger charge is -2.33. The Labute approximate surface area is 181 Å². The van der Waals surface area contributed by atoms with Gasteiger partial charge < -0.3 is 15.4 Å². The lowest BCUT2D eigenvalue weighted by Crippen LogP contribution is -2.33. The number of allylic oxidation sites excluding steroid dienone is 2. The van der Waals surface area contributed by atoms with Gasteiger partial charge in [-0.3, -0.25) is 0 Å². The Morgan fingerprint density at radius 1 is 1.17 bits per heavy atom. The molecule has 0 radical (unpaired) electrons. The van der Waals surface area contributed by atoms with E-state index >= 15 is 0 Å². The molecule has 3 heterocycles. The first kappa shape index (κ1) is 22.3. The monoisotopic (exact) mass is 408 g/mol. The molecule has 4 rings (SSSR count). The number of hydrogen-bond acceptors (Lipinski definition) is 5. The van der Waals surface area contributed by atoms with Crippen molar-refractivity contribution in [2.75, 3.05) is 25.1 Å². The van der Waals surface area contributed by atoms with Crippen LogP contribution < -0.4 is 10.6 Å². The molecule has 2 N–H and O–H groups in total. The van der Waals surface area contributed by atoms with Crippen molar-refractivity contribution >= 4 is 16.6 Å². The lowest BCUT2D eigenvalue weighted by atomic mass is 9.82. The zero-order chi connectivity index (χ0) is 21.6. The molecule has 1 aromatic heterocycles. The van der Waals surface area contributed by atoms with Gasteiger partial charge in [0.05, 0.1) is 5.69 Å². The van der Waals surface area contributed by atoms with Crippen LogP contribution in [0.1, 0.15) is 59.1 Å². The molecule has 0 aliphatic carbocycles. The number of fused-ring (bicyclic) bond motifs is 1. The van der Waals surface area contributed by atoms with Gasteiger partial charge in [0.2, 0.25) is 0 Å². The first-order valence-electron chi connectivity index (χ1n) is 11.3. The maximum absolute atomic E-state index is 5.52. The summed E-state index contributed by atoms with van der Waals surface area (Å²) in [5, 5.41) is 18.5. The van der Waals surface area contributed by atoms with Crippen LogP contribution in [0.3, 0.4) is 0 Å². The second-order valence-corrected chi connectivity index (χ2v) is 8.43. The molecule has 1 fully saturated rings. The van der Waals surface area contributed by atoms with Gasteiger partial charge >= 0.3 is 0 Å². The van der Waals surface area contributed by atoms with Crippen molar-refractivity contribution in [3.63, 3.8) is 0 Å². The van der Waals surface area contributed by atoms with Crippen LogP contribution in [0.4, 0.5) is 5.82 Å². The highest BCUT2D eigenvalue weighted by Gasteiger charge is 2.27. The molecule has 30 heavy (non-hydrogen) atoms. The quantitative estimate of drug-likeness (QED) is 0.692. The Kier molecular flexibility index (Phi) is 7.48. The fourth-order valence-electron chi connectivity index (χ4n) is 4.05. The topological polar surface area (TPSA) is 59.1 Å². The minimum Gasteiger partial charge on any atom is -0.385 e. The van der Waals surface area contributed by atoms with Crippen LogP contribution in [0, 0.1) is 5.41 Å². The summed E-state index contributed by atoms with van der Waals surface area (Å²) in [6.07, 6.45) is 8.58. The number of rotatable bonds is 5. The van der Waals surface area contributed by atoms with Gasteiger partial charge in [0.1, 0.15) is 0 Å². The highest BCUT2D eigenvalue weighted by atomic mass is 16.5. The van der Waals surface area contributed by atoms with E-state index in [1.807, 2.05) is 20.0 Å². The van der Waals surface area contributed by atoms with Crippen molar-refractivity contribution in [3.05, 3.63) is 53.9 Å². The first-order valence-corrected chi connectivity index (χ1v) is 11.3. The summed E-state index contributed by atoms with van der Waals surface area (Å²) >= 11 is 0. The maximum Gasteiger partial charge on any atom is 0.156 e. The van der Waals surface area contributed by atoms with E-state index in [1.165, 1.54) is 11.0 Å². The van der Waals surface area contributed by atoms with Gasteiger partial charge in [-0.05, 0) is 43.0 Å². The number of nitrogens with one attached hydrogen (secondary N) is 2. The SMILES string of the molecule is CC.CC1C=C(C(C)c2nnc(NCC3(C)CCOCC3)c3ccccc23)C=CN1. The Morgan fingerprint density at radius 2 is 1.87 bits per heavy atom. The maximum atomic E-state index is 5.52. The molecule has 162 valence electrons. The van der Waals surface area contributed by atoms with Crippen LogP contribution in [-0.4, -0.2) is 36.0 Å². The van der Waals surface area contributed by atoms with Crippen LogP contribution >= 0.6 is 0 Å². The van der Waals surface area contributed by atoms with E-state index in [0.717, 1.165) is 49.5 Å². The van der Waals surface area contributed by atoms with Crippen LogP contribution in [0.2, 0.25) is 0 Å². The first-order chi connectivity index (χ1) is 14.6. The van der Waals surface area contributed by atoms with E-state index in [0.29, 0.717) is 6.04 Å². The van der Waals surface area contributed by atoms with Crippen molar-refractivity contribution in [2.45, 2.75) is 59.4 Å². The zero-order valence-corrected chi connectivity index (χ0v) is 19.0. The molecule has 0 spiro atoms. The predicted octanol–water partition coefficient (Wildman–Crippen LogP) is 5.42. The number of hydrogen-bond donors (Lipinski definition) is 2. The molecule has 5 heteroatoms. The summed E-state index contributed by atoms with van der Waals surface area (Å²) in [6, 6.07) is 8.80. The van der Waals surface area contributed by atoms with Gasteiger partial charge in [-0.15, -0.1) is 5.10 Å². The summed E-state index contributed by atoms with van der Waals surface area (Å²) in [7, 11) is 0. The fraction of sp³-hybridized carbons (Fsp3) is 0.520. The Hall–Kier alpha value is -2.40. The molecule has 2 atom stereocenters. The average Bonchev–Trinajstić information content (AvgIpc) is 2.79. The molecule has 0 amide bonds. The molecule has 0 saturated carbocycles. The number of nitrogens with zero attached hydrogens (tertiary/aromatic N) is 2. The standard InChI is InChI=1S/C23H30N4O.C2H6/c1-16-14-18(8-11-24-16)17(2)21-19-6-4-5-7-20(19)22(27-26-21)25-15-23(3)9-12-28-13-10-23;1-2/h4-8,11,14,16-17,24H,9-10,12-13,15H2,1-3H3,(H,25,27);1-2H3. The van der Waals surface area contributed by atoms with E-state index < -0.39 is 0 Å². The third kappa shape index (κ3) is 5.01.